The molecule has 4 aromatic rings. The average Bonchev–Trinajstić information content (AvgIpc) is 3.45. The second-order valence-corrected chi connectivity index (χ2v) is 9.87. The SMILES string of the molecule is CC(C)CCNc1c(-c2ccc(NC(=O)N3Cc4ccc(C(F)(F)F)cc4C3)cc2)[nH]c2ccccc12. The maximum absolute atomic E-state index is 13.0. The zero-order valence-electron chi connectivity index (χ0n) is 20.7. The molecule has 0 aliphatic carbocycles. The molecule has 2 heterocycles. The number of urea groups is 1. The largest absolute Gasteiger partial charge is 0.416 e. The Kier molecular flexibility index (Phi) is 6.58. The highest BCUT2D eigenvalue weighted by atomic mass is 19.4. The van der Waals surface area contributed by atoms with Gasteiger partial charge in [0.05, 0.1) is 16.9 Å². The van der Waals surface area contributed by atoms with E-state index in [9.17, 15) is 18.0 Å². The zero-order valence-corrected chi connectivity index (χ0v) is 20.7. The number of hydrogen-bond acceptors (Lipinski definition) is 2. The molecular formula is C29H29F3N4O. The van der Waals surface area contributed by atoms with Gasteiger partial charge in [-0.3, -0.25) is 0 Å². The van der Waals surface area contributed by atoms with Gasteiger partial charge < -0.3 is 20.5 Å². The fraction of sp³-hybridized carbons (Fsp3) is 0.276. The van der Waals surface area contributed by atoms with E-state index in [0.29, 0.717) is 17.2 Å². The number of anilines is 2. The summed E-state index contributed by atoms with van der Waals surface area (Å²) >= 11 is 0. The fourth-order valence-corrected chi connectivity index (χ4v) is 4.67. The summed E-state index contributed by atoms with van der Waals surface area (Å²) in [5.41, 5.74) is 5.25. The average molecular weight is 507 g/mol. The van der Waals surface area contributed by atoms with Gasteiger partial charge in [0.1, 0.15) is 0 Å². The molecule has 0 atom stereocenters. The number of benzene rings is 3. The topological polar surface area (TPSA) is 60.2 Å². The summed E-state index contributed by atoms with van der Waals surface area (Å²) in [6.45, 7) is 5.68. The van der Waals surface area contributed by atoms with Crippen LogP contribution in [-0.4, -0.2) is 22.5 Å². The van der Waals surface area contributed by atoms with Crippen molar-refractivity contribution in [1.82, 2.24) is 9.88 Å². The molecule has 5 nitrogen and oxygen atoms in total. The number of nitrogens with zero attached hydrogens (tertiary/aromatic N) is 1. The van der Waals surface area contributed by atoms with Crippen molar-refractivity contribution < 1.29 is 18.0 Å². The molecule has 1 aliphatic rings. The first-order valence-corrected chi connectivity index (χ1v) is 12.4. The van der Waals surface area contributed by atoms with E-state index < -0.39 is 11.7 Å². The predicted octanol–water partition coefficient (Wildman–Crippen LogP) is 7.86. The molecule has 0 fully saturated rings. The van der Waals surface area contributed by atoms with Gasteiger partial charge in [0.25, 0.3) is 0 Å². The number of amides is 2. The molecule has 1 aliphatic heterocycles. The molecule has 2 amide bonds. The summed E-state index contributed by atoms with van der Waals surface area (Å²) in [5.74, 6) is 0.596. The van der Waals surface area contributed by atoms with Crippen molar-refractivity contribution >= 4 is 28.3 Å². The van der Waals surface area contributed by atoms with Crippen LogP contribution in [0.3, 0.4) is 0 Å². The Hall–Kier alpha value is -3.94. The van der Waals surface area contributed by atoms with E-state index in [0.717, 1.165) is 58.5 Å². The highest BCUT2D eigenvalue weighted by Gasteiger charge is 2.33. The number of para-hydroxylation sites is 1. The van der Waals surface area contributed by atoms with E-state index in [1.165, 1.54) is 11.0 Å². The Morgan fingerprint density at radius 3 is 2.46 bits per heavy atom. The number of alkyl halides is 3. The summed E-state index contributed by atoms with van der Waals surface area (Å²) in [7, 11) is 0. The molecule has 37 heavy (non-hydrogen) atoms. The number of nitrogens with one attached hydrogen (secondary N) is 3. The lowest BCUT2D eigenvalue weighted by molar-refractivity contribution is -0.137. The lowest BCUT2D eigenvalue weighted by Crippen LogP contribution is -2.30. The van der Waals surface area contributed by atoms with Gasteiger partial charge in [-0.15, -0.1) is 0 Å². The number of rotatable bonds is 6. The van der Waals surface area contributed by atoms with Crippen LogP contribution in [0.15, 0.2) is 66.7 Å². The third-order valence-corrected chi connectivity index (χ3v) is 6.70. The van der Waals surface area contributed by atoms with Crippen LogP contribution >= 0.6 is 0 Å². The first-order chi connectivity index (χ1) is 17.7. The van der Waals surface area contributed by atoms with Crippen molar-refractivity contribution in [2.45, 2.75) is 39.5 Å². The van der Waals surface area contributed by atoms with Gasteiger partial charge in [-0.05, 0) is 53.8 Å². The van der Waals surface area contributed by atoms with Gasteiger partial charge in [-0.2, -0.15) is 13.2 Å². The van der Waals surface area contributed by atoms with Crippen molar-refractivity contribution in [3.63, 3.8) is 0 Å². The second kappa shape index (κ2) is 9.84. The van der Waals surface area contributed by atoms with Crippen molar-refractivity contribution in [3.8, 4) is 11.3 Å². The highest BCUT2D eigenvalue weighted by Crippen LogP contribution is 2.36. The van der Waals surface area contributed by atoms with Crippen LogP contribution in [0, 0.1) is 5.92 Å². The number of halogens is 3. The maximum Gasteiger partial charge on any atom is 0.416 e. The summed E-state index contributed by atoms with van der Waals surface area (Å²) in [5, 5.41) is 7.59. The molecule has 0 spiro atoms. The van der Waals surface area contributed by atoms with Crippen LogP contribution < -0.4 is 10.6 Å². The van der Waals surface area contributed by atoms with Gasteiger partial charge in [0.15, 0.2) is 0 Å². The fourth-order valence-electron chi connectivity index (χ4n) is 4.67. The minimum Gasteiger partial charge on any atom is -0.383 e. The normalized spacial score (nSPS) is 13.3. The molecule has 1 aromatic heterocycles. The van der Waals surface area contributed by atoms with Gasteiger partial charge in [0, 0.05) is 41.8 Å². The van der Waals surface area contributed by atoms with E-state index >= 15 is 0 Å². The standard InChI is InChI=1S/C29H29F3N4O/c1-18(2)13-14-33-27-24-5-3-4-6-25(24)35-26(27)19-8-11-23(12-9-19)34-28(37)36-16-20-7-10-22(29(30,31)32)15-21(20)17-36/h3-12,15,18,33,35H,13-14,16-17H2,1-2H3,(H,34,37). The number of H-pyrrole nitrogens is 1. The van der Waals surface area contributed by atoms with E-state index in [1.807, 2.05) is 42.5 Å². The molecule has 3 N–H and O–H groups in total. The van der Waals surface area contributed by atoms with Gasteiger partial charge in [0.2, 0.25) is 0 Å². The van der Waals surface area contributed by atoms with Crippen LogP contribution in [0.2, 0.25) is 0 Å². The number of aromatic amines is 1. The van der Waals surface area contributed by atoms with Gasteiger partial charge >= 0.3 is 12.2 Å². The minimum absolute atomic E-state index is 0.143. The molecular weight excluding hydrogens is 477 g/mol. The summed E-state index contributed by atoms with van der Waals surface area (Å²) in [6.07, 6.45) is -3.34. The van der Waals surface area contributed by atoms with Crippen molar-refractivity contribution in [1.29, 1.82) is 0 Å². The highest BCUT2D eigenvalue weighted by molar-refractivity contribution is 6.01. The Morgan fingerprint density at radius 1 is 1.00 bits per heavy atom. The van der Waals surface area contributed by atoms with Crippen molar-refractivity contribution in [2.24, 2.45) is 5.92 Å². The lowest BCUT2D eigenvalue weighted by atomic mass is 10.1. The van der Waals surface area contributed by atoms with Crippen LogP contribution in [-0.2, 0) is 19.3 Å². The molecule has 0 unspecified atom stereocenters. The molecule has 8 heteroatoms. The van der Waals surface area contributed by atoms with E-state index in [-0.39, 0.29) is 19.1 Å². The summed E-state index contributed by atoms with van der Waals surface area (Å²) in [4.78, 5) is 17.9. The molecule has 192 valence electrons. The summed E-state index contributed by atoms with van der Waals surface area (Å²) < 4.78 is 39.1. The number of carbonyl (C=O) groups is 1. The van der Waals surface area contributed by atoms with Crippen LogP contribution in [0.1, 0.15) is 37.0 Å². The second-order valence-electron chi connectivity index (χ2n) is 9.87. The Labute approximate surface area is 213 Å². The zero-order chi connectivity index (χ0) is 26.2. The first kappa shape index (κ1) is 24.7. The Balaban J connectivity index is 1.30. The minimum atomic E-state index is -4.40. The molecule has 0 saturated carbocycles. The lowest BCUT2D eigenvalue weighted by Gasteiger charge is -2.16. The third-order valence-electron chi connectivity index (χ3n) is 6.70. The quantitative estimate of drug-likeness (QED) is 0.249. The van der Waals surface area contributed by atoms with Crippen molar-refractivity contribution in [2.75, 3.05) is 17.2 Å². The molecule has 3 aromatic carbocycles. The van der Waals surface area contributed by atoms with Crippen molar-refractivity contribution in [3.05, 3.63) is 83.4 Å². The number of aromatic nitrogens is 1. The van der Waals surface area contributed by atoms with E-state index in [1.54, 1.807) is 0 Å². The monoisotopic (exact) mass is 506 g/mol. The van der Waals surface area contributed by atoms with Crippen LogP contribution in [0.5, 0.6) is 0 Å². The van der Waals surface area contributed by atoms with E-state index in [4.69, 9.17) is 0 Å². The summed E-state index contributed by atoms with van der Waals surface area (Å²) in [6, 6.07) is 19.0. The number of fused-ring (bicyclic) bond motifs is 2. The molecule has 0 radical (unpaired) electrons. The maximum atomic E-state index is 13.0. The third kappa shape index (κ3) is 5.28. The van der Waals surface area contributed by atoms with Gasteiger partial charge in [-0.1, -0.05) is 50.2 Å². The number of carbonyl (C=O) groups excluding carboxylic acids is 1. The predicted molar refractivity (Wildman–Crippen MR) is 141 cm³/mol. The molecule has 5 rings (SSSR count). The smallest absolute Gasteiger partial charge is 0.383 e. The number of hydrogen-bond donors (Lipinski definition) is 3. The van der Waals surface area contributed by atoms with Crippen LogP contribution in [0.25, 0.3) is 22.2 Å². The Bertz CT molecular complexity index is 1420. The molecule has 0 saturated heterocycles. The Morgan fingerprint density at radius 2 is 1.73 bits per heavy atom. The van der Waals surface area contributed by atoms with Gasteiger partial charge in [-0.25, -0.2) is 4.79 Å². The van der Waals surface area contributed by atoms with Crippen LogP contribution in [0.4, 0.5) is 29.3 Å². The molecule has 0 bridgehead atoms. The first-order valence-electron chi connectivity index (χ1n) is 12.4. The van der Waals surface area contributed by atoms with E-state index in [2.05, 4.69) is 35.5 Å².